The first-order chi connectivity index (χ1) is 10.8. The van der Waals surface area contributed by atoms with Crippen molar-refractivity contribution in [3.63, 3.8) is 0 Å². The normalized spacial score (nSPS) is 14.9. The van der Waals surface area contributed by atoms with E-state index in [-0.39, 0.29) is 5.41 Å². The van der Waals surface area contributed by atoms with E-state index in [1.54, 1.807) is 0 Å². The van der Waals surface area contributed by atoms with Crippen LogP contribution in [-0.4, -0.2) is 5.11 Å². The SMILES string of the molecule is CC(C)(C)CC(c1ccc2cc(C(C)(C)O)ccc2c1)C(C)(C)C. The van der Waals surface area contributed by atoms with E-state index in [1.807, 2.05) is 19.9 Å². The monoisotopic (exact) mass is 326 g/mol. The summed E-state index contributed by atoms with van der Waals surface area (Å²) in [6.07, 6.45) is 1.17. The summed E-state index contributed by atoms with van der Waals surface area (Å²) in [6, 6.07) is 13.1. The molecule has 0 saturated carbocycles. The Morgan fingerprint density at radius 3 is 1.83 bits per heavy atom. The third kappa shape index (κ3) is 4.60. The summed E-state index contributed by atoms with van der Waals surface area (Å²) in [6.45, 7) is 17.6. The Kier molecular flexibility index (Phi) is 4.89. The van der Waals surface area contributed by atoms with Crippen LogP contribution in [-0.2, 0) is 5.60 Å². The molecule has 1 N–H and O–H groups in total. The standard InChI is InChI=1S/C23H34O/c1-21(2,3)15-20(22(4,5)6)18-10-9-17-14-19(23(7,8)24)12-11-16(17)13-18/h9-14,20,24H,15H2,1-8H3. The first-order valence-corrected chi connectivity index (χ1v) is 9.04. The van der Waals surface area contributed by atoms with Crippen molar-refractivity contribution in [1.29, 1.82) is 0 Å². The summed E-state index contributed by atoms with van der Waals surface area (Å²) in [7, 11) is 0. The average Bonchev–Trinajstić information content (AvgIpc) is 2.40. The van der Waals surface area contributed by atoms with Crippen molar-refractivity contribution in [2.24, 2.45) is 10.8 Å². The van der Waals surface area contributed by atoms with E-state index in [2.05, 4.69) is 71.9 Å². The van der Waals surface area contributed by atoms with Gasteiger partial charge >= 0.3 is 0 Å². The molecule has 0 spiro atoms. The zero-order chi connectivity index (χ0) is 18.3. The first kappa shape index (κ1) is 19.0. The molecule has 0 fully saturated rings. The van der Waals surface area contributed by atoms with Crippen LogP contribution in [0.4, 0.5) is 0 Å². The number of hydrogen-bond acceptors (Lipinski definition) is 1. The van der Waals surface area contributed by atoms with Gasteiger partial charge in [-0.1, -0.05) is 71.9 Å². The molecular formula is C23H34O. The molecule has 0 aliphatic carbocycles. The molecule has 2 aromatic rings. The Bertz CT molecular complexity index is 705. The van der Waals surface area contributed by atoms with E-state index >= 15 is 0 Å². The third-order valence-corrected chi connectivity index (χ3v) is 4.83. The van der Waals surface area contributed by atoms with Crippen molar-refractivity contribution in [2.75, 3.05) is 0 Å². The van der Waals surface area contributed by atoms with Gasteiger partial charge in [0.2, 0.25) is 0 Å². The highest BCUT2D eigenvalue weighted by Crippen LogP contribution is 2.43. The van der Waals surface area contributed by atoms with E-state index in [4.69, 9.17) is 0 Å². The Morgan fingerprint density at radius 2 is 1.33 bits per heavy atom. The summed E-state index contributed by atoms with van der Waals surface area (Å²) in [5, 5.41) is 12.7. The molecule has 1 unspecified atom stereocenters. The first-order valence-electron chi connectivity index (χ1n) is 9.04. The zero-order valence-corrected chi connectivity index (χ0v) is 16.7. The number of benzene rings is 2. The fraction of sp³-hybridized carbons (Fsp3) is 0.565. The Balaban J connectivity index is 2.48. The molecule has 2 rings (SSSR count). The lowest BCUT2D eigenvalue weighted by Gasteiger charge is -2.36. The van der Waals surface area contributed by atoms with Gasteiger partial charge in [0.15, 0.2) is 0 Å². The fourth-order valence-electron chi connectivity index (χ4n) is 3.40. The van der Waals surface area contributed by atoms with Gasteiger partial charge in [-0.25, -0.2) is 0 Å². The molecule has 132 valence electrons. The molecule has 0 aromatic heterocycles. The minimum Gasteiger partial charge on any atom is -0.386 e. The van der Waals surface area contributed by atoms with Crippen molar-refractivity contribution >= 4 is 10.8 Å². The van der Waals surface area contributed by atoms with Crippen molar-refractivity contribution < 1.29 is 5.11 Å². The summed E-state index contributed by atoms with van der Waals surface area (Å²) in [5.41, 5.74) is 2.12. The van der Waals surface area contributed by atoms with Gasteiger partial charge in [-0.3, -0.25) is 0 Å². The summed E-state index contributed by atoms with van der Waals surface area (Å²) >= 11 is 0. The van der Waals surface area contributed by atoms with Crippen LogP contribution in [0.2, 0.25) is 0 Å². The van der Waals surface area contributed by atoms with Crippen molar-refractivity contribution in [3.05, 3.63) is 47.5 Å². The highest BCUT2D eigenvalue weighted by atomic mass is 16.3. The molecule has 0 bridgehead atoms. The number of hydrogen-bond donors (Lipinski definition) is 1. The van der Waals surface area contributed by atoms with E-state index in [0.717, 1.165) is 5.56 Å². The van der Waals surface area contributed by atoms with Gasteiger partial charge in [0.25, 0.3) is 0 Å². The number of aliphatic hydroxyl groups is 1. The average molecular weight is 327 g/mol. The molecule has 24 heavy (non-hydrogen) atoms. The zero-order valence-electron chi connectivity index (χ0n) is 16.7. The second-order valence-corrected chi connectivity index (χ2v) is 10.1. The predicted molar refractivity (Wildman–Crippen MR) is 105 cm³/mol. The second-order valence-electron chi connectivity index (χ2n) is 10.1. The topological polar surface area (TPSA) is 20.2 Å². The van der Waals surface area contributed by atoms with Crippen LogP contribution in [0.15, 0.2) is 36.4 Å². The number of rotatable bonds is 3. The molecule has 1 heteroatoms. The molecule has 0 saturated heterocycles. The third-order valence-electron chi connectivity index (χ3n) is 4.83. The molecule has 0 amide bonds. The van der Waals surface area contributed by atoms with Gasteiger partial charge in [0, 0.05) is 0 Å². The molecule has 1 atom stereocenters. The van der Waals surface area contributed by atoms with Gasteiger partial charge < -0.3 is 5.11 Å². The molecule has 0 aliphatic heterocycles. The summed E-state index contributed by atoms with van der Waals surface area (Å²) in [4.78, 5) is 0. The van der Waals surface area contributed by atoms with E-state index in [9.17, 15) is 5.11 Å². The van der Waals surface area contributed by atoms with Crippen LogP contribution in [0.1, 0.15) is 78.9 Å². The summed E-state index contributed by atoms with van der Waals surface area (Å²) in [5.74, 6) is 0.524. The molecular weight excluding hydrogens is 292 g/mol. The highest BCUT2D eigenvalue weighted by Gasteiger charge is 2.30. The maximum Gasteiger partial charge on any atom is 0.0840 e. The highest BCUT2D eigenvalue weighted by molar-refractivity contribution is 5.84. The van der Waals surface area contributed by atoms with Crippen LogP contribution in [0.3, 0.4) is 0 Å². The van der Waals surface area contributed by atoms with Crippen LogP contribution in [0, 0.1) is 10.8 Å². The van der Waals surface area contributed by atoms with E-state index in [0.29, 0.717) is 11.3 Å². The predicted octanol–water partition coefficient (Wildman–Crippen LogP) is 6.63. The molecule has 0 aliphatic rings. The maximum atomic E-state index is 10.2. The molecule has 1 nitrogen and oxygen atoms in total. The Labute approximate surface area is 148 Å². The van der Waals surface area contributed by atoms with Crippen molar-refractivity contribution in [2.45, 2.75) is 73.3 Å². The van der Waals surface area contributed by atoms with Crippen LogP contribution in [0.5, 0.6) is 0 Å². The lowest BCUT2D eigenvalue weighted by atomic mass is 9.69. The van der Waals surface area contributed by atoms with Gasteiger partial charge in [-0.15, -0.1) is 0 Å². The Hall–Kier alpha value is -1.34. The van der Waals surface area contributed by atoms with Crippen LogP contribution >= 0.6 is 0 Å². The van der Waals surface area contributed by atoms with E-state index < -0.39 is 5.60 Å². The smallest absolute Gasteiger partial charge is 0.0840 e. The minimum atomic E-state index is -0.799. The minimum absolute atomic E-state index is 0.230. The van der Waals surface area contributed by atoms with E-state index in [1.165, 1.54) is 22.8 Å². The lowest BCUT2D eigenvalue weighted by molar-refractivity contribution is 0.0787. The van der Waals surface area contributed by atoms with Gasteiger partial charge in [0.05, 0.1) is 5.60 Å². The molecule has 2 aromatic carbocycles. The van der Waals surface area contributed by atoms with Gasteiger partial charge in [-0.2, -0.15) is 0 Å². The van der Waals surface area contributed by atoms with Gasteiger partial charge in [-0.05, 0) is 65.0 Å². The number of fused-ring (bicyclic) bond motifs is 1. The largest absolute Gasteiger partial charge is 0.386 e. The summed E-state index contributed by atoms with van der Waals surface area (Å²) < 4.78 is 0. The van der Waals surface area contributed by atoms with Crippen molar-refractivity contribution in [1.82, 2.24) is 0 Å². The van der Waals surface area contributed by atoms with Gasteiger partial charge in [0.1, 0.15) is 0 Å². The second kappa shape index (κ2) is 6.19. The Morgan fingerprint density at radius 1 is 0.792 bits per heavy atom. The quantitative estimate of drug-likeness (QED) is 0.671. The fourth-order valence-corrected chi connectivity index (χ4v) is 3.40. The lowest BCUT2D eigenvalue weighted by Crippen LogP contribution is -2.23. The van der Waals surface area contributed by atoms with Crippen molar-refractivity contribution in [3.8, 4) is 0 Å². The van der Waals surface area contributed by atoms with Crippen LogP contribution in [0.25, 0.3) is 10.8 Å². The van der Waals surface area contributed by atoms with Crippen LogP contribution < -0.4 is 0 Å². The molecule has 0 radical (unpaired) electrons. The molecule has 0 heterocycles. The maximum absolute atomic E-state index is 10.2.